The summed E-state index contributed by atoms with van der Waals surface area (Å²) in [6.45, 7) is 1.65. The van der Waals surface area contributed by atoms with Crippen LogP contribution in [0.25, 0.3) is 5.57 Å². The normalized spacial score (nSPS) is 22.3. The van der Waals surface area contributed by atoms with Crippen LogP contribution in [0.15, 0.2) is 54.6 Å². The second-order valence-corrected chi connectivity index (χ2v) is 7.14. The molecular formula is C22H21F2NO2. The van der Waals surface area contributed by atoms with Gasteiger partial charge in [-0.1, -0.05) is 36.4 Å². The highest BCUT2D eigenvalue weighted by Crippen LogP contribution is 2.39. The molecule has 2 aliphatic rings. The Bertz CT molecular complexity index is 881. The molecule has 4 rings (SSSR count). The van der Waals surface area contributed by atoms with Gasteiger partial charge in [0.2, 0.25) is 0 Å². The van der Waals surface area contributed by atoms with Crippen LogP contribution < -0.4 is 4.74 Å². The molecule has 0 aliphatic carbocycles. The van der Waals surface area contributed by atoms with E-state index >= 15 is 0 Å². The lowest BCUT2D eigenvalue weighted by atomic mass is 9.94. The van der Waals surface area contributed by atoms with E-state index in [1.165, 1.54) is 17.2 Å². The zero-order valence-corrected chi connectivity index (χ0v) is 15.1. The molecule has 0 radical (unpaired) electrons. The van der Waals surface area contributed by atoms with E-state index in [0.717, 1.165) is 31.4 Å². The second-order valence-electron chi connectivity index (χ2n) is 7.14. The van der Waals surface area contributed by atoms with E-state index in [9.17, 15) is 13.6 Å². The molecule has 27 heavy (non-hydrogen) atoms. The van der Waals surface area contributed by atoms with Crippen molar-refractivity contribution in [1.82, 2.24) is 4.90 Å². The Balaban J connectivity index is 1.49. The van der Waals surface area contributed by atoms with Crippen molar-refractivity contribution in [3.8, 4) is 5.75 Å². The highest BCUT2D eigenvalue weighted by Gasteiger charge is 2.41. The average Bonchev–Trinajstić information content (AvgIpc) is 2.94. The lowest BCUT2D eigenvalue weighted by Crippen LogP contribution is -2.48. The molecule has 2 aromatic carbocycles. The SMILES string of the molecule is C[C@@H](Oc1ccc(F)c(F)c1)C(=O)N1[C@@H]2CC[C@@H]1C=C(c1ccccc1)C2. The second kappa shape index (κ2) is 7.14. The summed E-state index contributed by atoms with van der Waals surface area (Å²) in [6, 6.07) is 13.7. The summed E-state index contributed by atoms with van der Waals surface area (Å²) in [7, 11) is 0. The Morgan fingerprint density at radius 3 is 2.59 bits per heavy atom. The first-order valence-electron chi connectivity index (χ1n) is 9.23. The summed E-state index contributed by atoms with van der Waals surface area (Å²) in [4.78, 5) is 14.9. The fourth-order valence-electron chi connectivity index (χ4n) is 4.05. The lowest BCUT2D eigenvalue weighted by molar-refractivity contribution is -0.140. The zero-order chi connectivity index (χ0) is 19.0. The van der Waals surface area contributed by atoms with E-state index < -0.39 is 17.7 Å². The molecule has 2 bridgehead atoms. The molecule has 3 nitrogen and oxygen atoms in total. The minimum Gasteiger partial charge on any atom is -0.481 e. The van der Waals surface area contributed by atoms with Crippen LogP contribution >= 0.6 is 0 Å². The van der Waals surface area contributed by atoms with Crippen LogP contribution in [0.4, 0.5) is 8.78 Å². The van der Waals surface area contributed by atoms with Crippen molar-refractivity contribution < 1.29 is 18.3 Å². The third kappa shape index (κ3) is 3.46. The molecule has 5 heteroatoms. The van der Waals surface area contributed by atoms with Gasteiger partial charge in [0, 0.05) is 12.1 Å². The van der Waals surface area contributed by atoms with Crippen LogP contribution in [0, 0.1) is 11.6 Å². The standard InChI is InChI=1S/C22H21F2NO2/c1-14(27-19-9-10-20(23)21(24)13-19)22(26)25-17-7-8-18(25)12-16(11-17)15-5-3-2-4-6-15/h2-6,9-11,13-14,17-18H,7-8,12H2,1H3/t14-,17-,18-/m1/s1. The number of nitrogens with zero attached hydrogens (tertiary/aromatic N) is 1. The van der Waals surface area contributed by atoms with Crippen molar-refractivity contribution in [3.05, 3.63) is 71.8 Å². The van der Waals surface area contributed by atoms with Crippen LogP contribution in [-0.4, -0.2) is 29.0 Å². The van der Waals surface area contributed by atoms with Gasteiger partial charge >= 0.3 is 0 Å². The van der Waals surface area contributed by atoms with Crippen LogP contribution in [-0.2, 0) is 4.79 Å². The number of hydrogen-bond acceptors (Lipinski definition) is 2. The van der Waals surface area contributed by atoms with E-state index in [4.69, 9.17) is 4.74 Å². The molecule has 0 aromatic heterocycles. The van der Waals surface area contributed by atoms with Gasteiger partial charge in [0.05, 0.1) is 6.04 Å². The number of rotatable bonds is 4. The van der Waals surface area contributed by atoms with Gasteiger partial charge in [-0.25, -0.2) is 8.78 Å². The first kappa shape index (κ1) is 17.7. The molecule has 0 N–H and O–H groups in total. The van der Waals surface area contributed by atoms with Gasteiger partial charge < -0.3 is 9.64 Å². The van der Waals surface area contributed by atoms with Crippen molar-refractivity contribution in [2.75, 3.05) is 0 Å². The topological polar surface area (TPSA) is 29.5 Å². The van der Waals surface area contributed by atoms with Crippen molar-refractivity contribution in [3.63, 3.8) is 0 Å². The monoisotopic (exact) mass is 369 g/mol. The molecule has 1 saturated heterocycles. The van der Waals surface area contributed by atoms with Gasteiger partial charge in [0.15, 0.2) is 17.7 Å². The Morgan fingerprint density at radius 1 is 1.11 bits per heavy atom. The van der Waals surface area contributed by atoms with Gasteiger partial charge in [-0.3, -0.25) is 4.79 Å². The fraction of sp³-hybridized carbons (Fsp3) is 0.318. The quantitative estimate of drug-likeness (QED) is 0.790. The molecule has 2 aromatic rings. The van der Waals surface area contributed by atoms with Gasteiger partial charge in [0.25, 0.3) is 5.91 Å². The maximum atomic E-state index is 13.4. The maximum absolute atomic E-state index is 13.4. The zero-order valence-electron chi connectivity index (χ0n) is 15.1. The number of carbonyl (C=O) groups excluding carboxylic acids is 1. The molecule has 1 amide bonds. The van der Waals surface area contributed by atoms with Gasteiger partial charge in [-0.15, -0.1) is 0 Å². The Morgan fingerprint density at radius 2 is 1.89 bits per heavy atom. The average molecular weight is 369 g/mol. The molecule has 1 fully saturated rings. The van der Waals surface area contributed by atoms with Crippen molar-refractivity contribution in [2.45, 2.75) is 44.4 Å². The summed E-state index contributed by atoms with van der Waals surface area (Å²) in [5.41, 5.74) is 2.48. The molecular weight excluding hydrogens is 348 g/mol. The number of hydrogen-bond donors (Lipinski definition) is 0. The molecule has 3 atom stereocenters. The number of ether oxygens (including phenoxy) is 1. The third-order valence-electron chi connectivity index (χ3n) is 5.35. The van der Waals surface area contributed by atoms with E-state index in [1.807, 2.05) is 23.1 Å². The summed E-state index contributed by atoms with van der Waals surface area (Å²) < 4.78 is 32.0. The van der Waals surface area contributed by atoms with E-state index in [1.54, 1.807) is 6.92 Å². The van der Waals surface area contributed by atoms with Crippen molar-refractivity contribution >= 4 is 11.5 Å². The lowest BCUT2D eigenvalue weighted by Gasteiger charge is -2.35. The molecule has 0 spiro atoms. The number of fused-ring (bicyclic) bond motifs is 2. The third-order valence-corrected chi connectivity index (χ3v) is 5.35. The van der Waals surface area contributed by atoms with E-state index in [0.29, 0.717) is 0 Å². The minimum absolute atomic E-state index is 0.0578. The summed E-state index contributed by atoms with van der Waals surface area (Å²) in [6.07, 6.45) is 4.14. The Kier molecular flexibility index (Phi) is 4.68. The highest BCUT2D eigenvalue weighted by molar-refractivity contribution is 5.84. The van der Waals surface area contributed by atoms with Crippen LogP contribution in [0.2, 0.25) is 0 Å². The Labute approximate surface area is 157 Å². The Hall–Kier alpha value is -2.69. The molecule has 2 heterocycles. The van der Waals surface area contributed by atoms with Gasteiger partial charge in [-0.2, -0.15) is 0 Å². The minimum atomic E-state index is -0.986. The van der Waals surface area contributed by atoms with Crippen LogP contribution in [0.1, 0.15) is 31.7 Å². The number of amides is 1. The van der Waals surface area contributed by atoms with E-state index in [2.05, 4.69) is 18.2 Å². The molecule has 0 saturated carbocycles. The van der Waals surface area contributed by atoms with Crippen LogP contribution in [0.5, 0.6) is 5.75 Å². The van der Waals surface area contributed by atoms with Crippen molar-refractivity contribution in [2.24, 2.45) is 0 Å². The smallest absolute Gasteiger partial charge is 0.264 e. The number of benzene rings is 2. The first-order valence-corrected chi connectivity index (χ1v) is 9.23. The van der Waals surface area contributed by atoms with Crippen LogP contribution in [0.3, 0.4) is 0 Å². The van der Waals surface area contributed by atoms with Crippen molar-refractivity contribution in [1.29, 1.82) is 0 Å². The summed E-state index contributed by atoms with van der Waals surface area (Å²) in [5, 5.41) is 0. The fourth-order valence-corrected chi connectivity index (χ4v) is 4.05. The first-order chi connectivity index (χ1) is 13.0. The van der Waals surface area contributed by atoms with E-state index in [-0.39, 0.29) is 23.7 Å². The maximum Gasteiger partial charge on any atom is 0.264 e. The number of carbonyl (C=O) groups is 1. The predicted octanol–water partition coefficient (Wildman–Crippen LogP) is 4.58. The largest absolute Gasteiger partial charge is 0.481 e. The molecule has 140 valence electrons. The molecule has 2 aliphatic heterocycles. The summed E-state index contributed by atoms with van der Waals surface area (Å²) in [5.74, 6) is -1.88. The predicted molar refractivity (Wildman–Crippen MR) is 99.1 cm³/mol. The summed E-state index contributed by atoms with van der Waals surface area (Å²) >= 11 is 0. The molecule has 0 unspecified atom stereocenters. The number of halogens is 2. The highest BCUT2D eigenvalue weighted by atomic mass is 19.2. The van der Waals surface area contributed by atoms with Gasteiger partial charge in [0.1, 0.15) is 5.75 Å². The van der Waals surface area contributed by atoms with Gasteiger partial charge in [-0.05, 0) is 49.5 Å².